The number of nitrogens with one attached hydrogen (secondary N) is 1. The van der Waals surface area contributed by atoms with E-state index in [1.165, 1.54) is 0 Å². The zero-order valence-corrected chi connectivity index (χ0v) is 11.1. The number of benzene rings is 1. The lowest BCUT2D eigenvalue weighted by atomic mass is 10.2. The lowest BCUT2D eigenvalue weighted by Gasteiger charge is -2.10. The van der Waals surface area contributed by atoms with Crippen molar-refractivity contribution in [2.75, 3.05) is 11.9 Å². The molecular formula is C15H19N3. The van der Waals surface area contributed by atoms with E-state index in [0.717, 1.165) is 29.4 Å². The molecule has 94 valence electrons. The van der Waals surface area contributed by atoms with Gasteiger partial charge >= 0.3 is 0 Å². The van der Waals surface area contributed by atoms with Crippen LogP contribution in [0.25, 0.3) is 11.4 Å². The van der Waals surface area contributed by atoms with Gasteiger partial charge in [0.1, 0.15) is 5.82 Å². The van der Waals surface area contributed by atoms with Crippen LogP contribution < -0.4 is 5.32 Å². The summed E-state index contributed by atoms with van der Waals surface area (Å²) in [6.07, 6.45) is 0. The summed E-state index contributed by atoms with van der Waals surface area (Å²) < 4.78 is 0. The van der Waals surface area contributed by atoms with Gasteiger partial charge in [0.05, 0.1) is 0 Å². The second-order valence-corrected chi connectivity index (χ2v) is 4.86. The standard InChI is InChI=1S/C15H19N3/c1-11(2)10-16-14-9-12(3)17-15(18-14)13-7-5-4-6-8-13/h4-9,11H,10H2,1-3H3,(H,16,17,18). The normalized spacial score (nSPS) is 10.7. The molecule has 0 bridgehead atoms. The zero-order valence-electron chi connectivity index (χ0n) is 11.1. The zero-order chi connectivity index (χ0) is 13.0. The van der Waals surface area contributed by atoms with Gasteiger partial charge < -0.3 is 5.32 Å². The molecule has 3 nitrogen and oxygen atoms in total. The molecule has 0 aliphatic carbocycles. The third kappa shape index (κ3) is 3.29. The average molecular weight is 241 g/mol. The van der Waals surface area contributed by atoms with E-state index >= 15 is 0 Å². The number of aromatic nitrogens is 2. The molecule has 0 saturated carbocycles. The van der Waals surface area contributed by atoms with Crippen molar-refractivity contribution in [3.8, 4) is 11.4 Å². The molecule has 0 aliphatic heterocycles. The first-order chi connectivity index (χ1) is 8.65. The van der Waals surface area contributed by atoms with Gasteiger partial charge in [-0.05, 0) is 12.8 Å². The molecule has 0 aliphatic rings. The molecule has 3 heteroatoms. The van der Waals surface area contributed by atoms with Crippen molar-refractivity contribution >= 4 is 5.82 Å². The second kappa shape index (κ2) is 5.63. The Bertz CT molecular complexity index is 506. The SMILES string of the molecule is Cc1cc(NCC(C)C)nc(-c2ccccc2)n1. The minimum absolute atomic E-state index is 0.598. The molecule has 0 saturated heterocycles. The Hall–Kier alpha value is -1.90. The molecule has 2 rings (SSSR count). The van der Waals surface area contributed by atoms with Gasteiger partial charge in [-0.1, -0.05) is 44.2 Å². The Kier molecular flexibility index (Phi) is 3.92. The third-order valence-electron chi connectivity index (χ3n) is 2.58. The summed E-state index contributed by atoms with van der Waals surface area (Å²) in [6, 6.07) is 12.0. The maximum absolute atomic E-state index is 4.55. The van der Waals surface area contributed by atoms with Crippen LogP contribution in [0.5, 0.6) is 0 Å². The van der Waals surface area contributed by atoms with Crippen LogP contribution in [0, 0.1) is 12.8 Å². The van der Waals surface area contributed by atoms with Crippen molar-refractivity contribution in [1.29, 1.82) is 0 Å². The Morgan fingerprint density at radius 3 is 2.50 bits per heavy atom. The quantitative estimate of drug-likeness (QED) is 0.890. The summed E-state index contributed by atoms with van der Waals surface area (Å²) in [5.41, 5.74) is 2.03. The minimum Gasteiger partial charge on any atom is -0.370 e. The van der Waals surface area contributed by atoms with E-state index in [1.54, 1.807) is 0 Å². The fraction of sp³-hybridized carbons (Fsp3) is 0.333. The molecule has 1 N–H and O–H groups in total. The van der Waals surface area contributed by atoms with Gasteiger partial charge in [-0.3, -0.25) is 0 Å². The summed E-state index contributed by atoms with van der Waals surface area (Å²) >= 11 is 0. The van der Waals surface area contributed by atoms with Crippen molar-refractivity contribution < 1.29 is 0 Å². The molecular weight excluding hydrogens is 222 g/mol. The number of rotatable bonds is 4. The lowest BCUT2D eigenvalue weighted by molar-refractivity contribution is 0.687. The van der Waals surface area contributed by atoms with Crippen LogP contribution in [0.4, 0.5) is 5.82 Å². The predicted molar refractivity (Wildman–Crippen MR) is 75.5 cm³/mol. The van der Waals surface area contributed by atoms with Crippen molar-refractivity contribution in [2.24, 2.45) is 5.92 Å². The van der Waals surface area contributed by atoms with Gasteiger partial charge in [-0.2, -0.15) is 0 Å². The van der Waals surface area contributed by atoms with Gasteiger partial charge in [-0.25, -0.2) is 9.97 Å². The van der Waals surface area contributed by atoms with Crippen LogP contribution >= 0.6 is 0 Å². The Balaban J connectivity index is 2.27. The fourth-order valence-electron chi connectivity index (χ4n) is 1.68. The summed E-state index contributed by atoms with van der Waals surface area (Å²) in [7, 11) is 0. The van der Waals surface area contributed by atoms with Gasteiger partial charge in [0.15, 0.2) is 5.82 Å². The number of anilines is 1. The predicted octanol–water partition coefficient (Wildman–Crippen LogP) is 3.52. The van der Waals surface area contributed by atoms with E-state index < -0.39 is 0 Å². The van der Waals surface area contributed by atoms with Crippen molar-refractivity contribution in [2.45, 2.75) is 20.8 Å². The van der Waals surface area contributed by atoms with Gasteiger partial charge in [0, 0.05) is 23.9 Å². The highest BCUT2D eigenvalue weighted by atomic mass is 15.0. The number of hydrogen-bond donors (Lipinski definition) is 1. The number of hydrogen-bond acceptors (Lipinski definition) is 3. The number of aryl methyl sites for hydroxylation is 1. The highest BCUT2D eigenvalue weighted by molar-refractivity contribution is 5.57. The highest BCUT2D eigenvalue weighted by Crippen LogP contribution is 2.17. The maximum atomic E-state index is 4.55. The average Bonchev–Trinajstić information content (AvgIpc) is 2.37. The first kappa shape index (κ1) is 12.6. The Morgan fingerprint density at radius 2 is 1.83 bits per heavy atom. The third-order valence-corrected chi connectivity index (χ3v) is 2.58. The largest absolute Gasteiger partial charge is 0.370 e. The van der Waals surface area contributed by atoms with Gasteiger partial charge in [-0.15, -0.1) is 0 Å². The first-order valence-corrected chi connectivity index (χ1v) is 6.30. The lowest BCUT2D eigenvalue weighted by Crippen LogP contribution is -2.10. The number of nitrogens with zero attached hydrogens (tertiary/aromatic N) is 2. The summed E-state index contributed by atoms with van der Waals surface area (Å²) in [6.45, 7) is 7.28. The topological polar surface area (TPSA) is 37.8 Å². The molecule has 0 spiro atoms. The molecule has 2 aromatic rings. The molecule has 0 atom stereocenters. The van der Waals surface area contributed by atoms with Crippen molar-refractivity contribution in [3.63, 3.8) is 0 Å². The van der Waals surface area contributed by atoms with Gasteiger partial charge in [0.2, 0.25) is 0 Å². The molecule has 18 heavy (non-hydrogen) atoms. The second-order valence-electron chi connectivity index (χ2n) is 4.86. The molecule has 0 amide bonds. The maximum Gasteiger partial charge on any atom is 0.161 e. The smallest absolute Gasteiger partial charge is 0.161 e. The van der Waals surface area contributed by atoms with E-state index in [0.29, 0.717) is 5.92 Å². The molecule has 0 unspecified atom stereocenters. The molecule has 1 aromatic carbocycles. The van der Waals surface area contributed by atoms with Crippen LogP contribution in [0.15, 0.2) is 36.4 Å². The van der Waals surface area contributed by atoms with Gasteiger partial charge in [0.25, 0.3) is 0 Å². The van der Waals surface area contributed by atoms with E-state index in [1.807, 2.05) is 43.3 Å². The Morgan fingerprint density at radius 1 is 1.11 bits per heavy atom. The molecule has 0 radical (unpaired) electrons. The van der Waals surface area contributed by atoms with Crippen molar-refractivity contribution in [1.82, 2.24) is 9.97 Å². The van der Waals surface area contributed by atoms with Crippen LogP contribution in [0.1, 0.15) is 19.5 Å². The fourth-order valence-corrected chi connectivity index (χ4v) is 1.68. The van der Waals surface area contributed by atoms with Crippen LogP contribution in [-0.4, -0.2) is 16.5 Å². The van der Waals surface area contributed by atoms with E-state index in [2.05, 4.69) is 29.1 Å². The Labute approximate surface area is 108 Å². The van der Waals surface area contributed by atoms with Crippen molar-refractivity contribution in [3.05, 3.63) is 42.1 Å². The van der Waals surface area contributed by atoms with Crippen LogP contribution in [0.2, 0.25) is 0 Å². The summed E-state index contributed by atoms with van der Waals surface area (Å²) in [5.74, 6) is 2.28. The molecule has 0 fully saturated rings. The van der Waals surface area contributed by atoms with E-state index in [-0.39, 0.29) is 0 Å². The van der Waals surface area contributed by atoms with E-state index in [9.17, 15) is 0 Å². The minimum atomic E-state index is 0.598. The summed E-state index contributed by atoms with van der Waals surface area (Å²) in [5, 5.41) is 3.34. The first-order valence-electron chi connectivity index (χ1n) is 6.30. The highest BCUT2D eigenvalue weighted by Gasteiger charge is 2.04. The summed E-state index contributed by atoms with van der Waals surface area (Å²) in [4.78, 5) is 9.03. The molecule has 1 aromatic heterocycles. The monoisotopic (exact) mass is 241 g/mol. The van der Waals surface area contributed by atoms with Crippen LogP contribution in [0.3, 0.4) is 0 Å². The van der Waals surface area contributed by atoms with Crippen LogP contribution in [-0.2, 0) is 0 Å². The van der Waals surface area contributed by atoms with E-state index in [4.69, 9.17) is 0 Å². The molecule has 1 heterocycles.